The molecule has 0 aromatic heterocycles. The van der Waals surface area contributed by atoms with Gasteiger partial charge in [-0.15, -0.1) is 0 Å². The predicted octanol–water partition coefficient (Wildman–Crippen LogP) is 4.63. The molecule has 2 aromatic carbocycles. The second-order valence-electron chi connectivity index (χ2n) is 3.68. The monoisotopic (exact) mass is 345 g/mol. The van der Waals surface area contributed by atoms with Crippen LogP contribution in [0, 0.1) is 11.6 Å². The van der Waals surface area contributed by atoms with Crippen LogP contribution in [0.15, 0.2) is 40.9 Å². The van der Waals surface area contributed by atoms with Gasteiger partial charge in [-0.1, -0.05) is 17.7 Å². The molecular weight excluding hydrogens is 340 g/mol. The molecular formula is C13H7BrClF2NO. The van der Waals surface area contributed by atoms with Crippen LogP contribution >= 0.6 is 27.5 Å². The minimum atomic E-state index is -0.684. The fourth-order valence-electron chi connectivity index (χ4n) is 1.45. The molecule has 2 aromatic rings. The SMILES string of the molecule is O=C(Nc1ccc(Br)c(F)c1)c1cccc(F)c1Cl. The van der Waals surface area contributed by atoms with Crippen LogP contribution in [-0.4, -0.2) is 5.91 Å². The molecule has 1 N–H and O–H groups in total. The van der Waals surface area contributed by atoms with E-state index in [4.69, 9.17) is 11.6 Å². The molecule has 0 heterocycles. The Morgan fingerprint density at radius 3 is 2.58 bits per heavy atom. The highest BCUT2D eigenvalue weighted by Gasteiger charge is 2.14. The summed E-state index contributed by atoms with van der Waals surface area (Å²) in [5, 5.41) is 2.18. The lowest BCUT2D eigenvalue weighted by Gasteiger charge is -2.07. The molecule has 0 spiro atoms. The lowest BCUT2D eigenvalue weighted by atomic mass is 10.2. The minimum Gasteiger partial charge on any atom is -0.322 e. The van der Waals surface area contributed by atoms with Gasteiger partial charge in [-0.2, -0.15) is 0 Å². The molecule has 6 heteroatoms. The summed E-state index contributed by atoms with van der Waals surface area (Å²) in [5.74, 6) is -1.80. The van der Waals surface area contributed by atoms with E-state index in [1.807, 2.05) is 0 Å². The number of carbonyl (C=O) groups is 1. The summed E-state index contributed by atoms with van der Waals surface area (Å²) >= 11 is 8.70. The summed E-state index contributed by atoms with van der Waals surface area (Å²) in [5.41, 5.74) is 0.246. The summed E-state index contributed by atoms with van der Waals surface area (Å²) in [6.45, 7) is 0. The Bertz CT molecular complexity index is 649. The summed E-state index contributed by atoms with van der Waals surface area (Å²) < 4.78 is 26.8. The van der Waals surface area contributed by atoms with E-state index < -0.39 is 17.5 Å². The molecule has 0 saturated carbocycles. The molecule has 0 atom stereocenters. The summed E-state index contributed by atoms with van der Waals surface area (Å²) in [7, 11) is 0. The van der Waals surface area contributed by atoms with E-state index in [9.17, 15) is 13.6 Å². The standard InChI is InChI=1S/C13H7BrClF2NO/c14-9-5-4-7(6-11(9)17)18-13(19)8-2-1-3-10(16)12(8)15/h1-6H,(H,18,19). The van der Waals surface area contributed by atoms with Gasteiger partial charge in [0.25, 0.3) is 5.91 Å². The van der Waals surface area contributed by atoms with Gasteiger partial charge in [-0.05, 0) is 46.3 Å². The van der Waals surface area contributed by atoms with Gasteiger partial charge in [0.05, 0.1) is 15.1 Å². The quantitative estimate of drug-likeness (QED) is 0.844. The van der Waals surface area contributed by atoms with Crippen LogP contribution in [0.1, 0.15) is 10.4 Å². The molecule has 98 valence electrons. The zero-order chi connectivity index (χ0) is 14.0. The molecule has 1 amide bonds. The van der Waals surface area contributed by atoms with Crippen molar-refractivity contribution in [3.05, 3.63) is 63.1 Å². The molecule has 0 unspecified atom stereocenters. The predicted molar refractivity (Wildman–Crippen MR) is 73.5 cm³/mol. The first kappa shape index (κ1) is 14.0. The van der Waals surface area contributed by atoms with Crippen molar-refractivity contribution in [1.82, 2.24) is 0 Å². The maximum absolute atomic E-state index is 13.3. The van der Waals surface area contributed by atoms with Crippen molar-refractivity contribution in [2.45, 2.75) is 0 Å². The lowest BCUT2D eigenvalue weighted by Crippen LogP contribution is -2.13. The van der Waals surface area contributed by atoms with Crippen molar-refractivity contribution in [3.63, 3.8) is 0 Å². The Hall–Kier alpha value is -1.46. The topological polar surface area (TPSA) is 29.1 Å². The van der Waals surface area contributed by atoms with E-state index in [2.05, 4.69) is 21.2 Å². The Kier molecular flexibility index (Phi) is 4.17. The summed E-state index contributed by atoms with van der Waals surface area (Å²) in [6.07, 6.45) is 0. The molecule has 2 rings (SSSR count). The van der Waals surface area contributed by atoms with Gasteiger partial charge in [0.15, 0.2) is 0 Å². The van der Waals surface area contributed by atoms with E-state index in [-0.39, 0.29) is 20.7 Å². The molecule has 0 aliphatic rings. The Labute approximate surface area is 121 Å². The molecule has 0 saturated heterocycles. The summed E-state index contributed by atoms with van der Waals surface area (Å²) in [6, 6.07) is 8.03. The van der Waals surface area contributed by atoms with Gasteiger partial charge >= 0.3 is 0 Å². The molecule has 2 nitrogen and oxygen atoms in total. The number of hydrogen-bond donors (Lipinski definition) is 1. The average molecular weight is 347 g/mol. The highest BCUT2D eigenvalue weighted by atomic mass is 79.9. The first-order valence-corrected chi connectivity index (χ1v) is 6.36. The number of anilines is 1. The van der Waals surface area contributed by atoms with E-state index in [1.54, 1.807) is 0 Å². The maximum Gasteiger partial charge on any atom is 0.257 e. The Morgan fingerprint density at radius 2 is 1.89 bits per heavy atom. The number of carbonyl (C=O) groups excluding carboxylic acids is 1. The van der Waals surface area contributed by atoms with Crippen molar-refractivity contribution in [2.75, 3.05) is 5.32 Å². The van der Waals surface area contributed by atoms with Crippen LogP contribution in [-0.2, 0) is 0 Å². The number of hydrogen-bond acceptors (Lipinski definition) is 1. The van der Waals surface area contributed by atoms with Crippen LogP contribution in [0.2, 0.25) is 5.02 Å². The van der Waals surface area contributed by atoms with E-state index >= 15 is 0 Å². The molecule has 0 aliphatic heterocycles. The highest BCUT2D eigenvalue weighted by molar-refractivity contribution is 9.10. The van der Waals surface area contributed by atoms with E-state index in [0.717, 1.165) is 12.1 Å². The minimum absolute atomic E-state index is 0.00927. The largest absolute Gasteiger partial charge is 0.322 e. The molecule has 0 bridgehead atoms. The third kappa shape index (κ3) is 3.11. The number of nitrogens with one attached hydrogen (secondary N) is 1. The van der Waals surface area contributed by atoms with Gasteiger partial charge in [0.2, 0.25) is 0 Å². The zero-order valence-corrected chi connectivity index (χ0v) is 11.7. The van der Waals surface area contributed by atoms with Gasteiger partial charge in [0.1, 0.15) is 11.6 Å². The lowest BCUT2D eigenvalue weighted by molar-refractivity contribution is 0.102. The average Bonchev–Trinajstić information content (AvgIpc) is 2.37. The zero-order valence-electron chi connectivity index (χ0n) is 9.38. The van der Waals surface area contributed by atoms with Crippen molar-refractivity contribution in [1.29, 1.82) is 0 Å². The normalized spacial score (nSPS) is 10.3. The molecule has 19 heavy (non-hydrogen) atoms. The number of halogens is 4. The van der Waals surface area contributed by atoms with Crippen LogP contribution < -0.4 is 5.32 Å². The van der Waals surface area contributed by atoms with Gasteiger partial charge in [0, 0.05) is 5.69 Å². The second kappa shape index (κ2) is 5.67. The number of benzene rings is 2. The van der Waals surface area contributed by atoms with Gasteiger partial charge in [-0.3, -0.25) is 4.79 Å². The van der Waals surface area contributed by atoms with Crippen molar-refractivity contribution in [2.24, 2.45) is 0 Å². The Balaban J connectivity index is 2.26. The number of rotatable bonds is 2. The molecule has 0 aliphatic carbocycles. The highest BCUT2D eigenvalue weighted by Crippen LogP contribution is 2.23. The Morgan fingerprint density at radius 1 is 1.16 bits per heavy atom. The van der Waals surface area contributed by atoms with Crippen molar-refractivity contribution >= 4 is 39.1 Å². The third-order valence-electron chi connectivity index (χ3n) is 2.37. The van der Waals surface area contributed by atoms with Crippen LogP contribution in [0.5, 0.6) is 0 Å². The fourth-order valence-corrected chi connectivity index (χ4v) is 1.91. The third-order valence-corrected chi connectivity index (χ3v) is 3.40. The van der Waals surface area contributed by atoms with Crippen LogP contribution in [0.25, 0.3) is 0 Å². The maximum atomic E-state index is 13.3. The van der Waals surface area contributed by atoms with Gasteiger partial charge < -0.3 is 5.32 Å². The van der Waals surface area contributed by atoms with E-state index in [0.29, 0.717) is 0 Å². The number of amides is 1. The van der Waals surface area contributed by atoms with Crippen LogP contribution in [0.4, 0.5) is 14.5 Å². The first-order chi connectivity index (χ1) is 8.99. The van der Waals surface area contributed by atoms with Crippen molar-refractivity contribution in [3.8, 4) is 0 Å². The van der Waals surface area contributed by atoms with Gasteiger partial charge in [-0.25, -0.2) is 8.78 Å². The van der Waals surface area contributed by atoms with Crippen LogP contribution in [0.3, 0.4) is 0 Å². The molecule has 0 fully saturated rings. The smallest absolute Gasteiger partial charge is 0.257 e. The fraction of sp³-hybridized carbons (Fsp3) is 0. The second-order valence-corrected chi connectivity index (χ2v) is 4.92. The van der Waals surface area contributed by atoms with E-state index in [1.165, 1.54) is 24.3 Å². The van der Waals surface area contributed by atoms with Crippen molar-refractivity contribution < 1.29 is 13.6 Å². The first-order valence-electron chi connectivity index (χ1n) is 5.19. The summed E-state index contributed by atoms with van der Waals surface area (Å²) in [4.78, 5) is 11.9. The molecule has 0 radical (unpaired) electrons.